The SMILES string of the molecule is CNc1ncc([N+](=O)[O-])c(NCCCCSC)n1. The van der Waals surface area contributed by atoms with Crippen molar-refractivity contribution in [1.29, 1.82) is 0 Å². The highest BCUT2D eigenvalue weighted by molar-refractivity contribution is 7.98. The topological polar surface area (TPSA) is 93.0 Å². The average molecular weight is 271 g/mol. The summed E-state index contributed by atoms with van der Waals surface area (Å²) in [6.45, 7) is 0.668. The molecule has 7 nitrogen and oxygen atoms in total. The van der Waals surface area contributed by atoms with E-state index in [9.17, 15) is 10.1 Å². The summed E-state index contributed by atoms with van der Waals surface area (Å²) in [7, 11) is 1.67. The number of nitro groups is 1. The molecule has 0 saturated heterocycles. The second-order valence-corrected chi connectivity index (χ2v) is 4.55. The maximum absolute atomic E-state index is 10.8. The summed E-state index contributed by atoms with van der Waals surface area (Å²) in [5.41, 5.74) is -0.0983. The van der Waals surface area contributed by atoms with Crippen LogP contribution in [0.15, 0.2) is 6.20 Å². The Morgan fingerprint density at radius 2 is 2.28 bits per heavy atom. The van der Waals surface area contributed by atoms with E-state index in [0.29, 0.717) is 12.5 Å². The van der Waals surface area contributed by atoms with Crippen LogP contribution < -0.4 is 10.6 Å². The van der Waals surface area contributed by atoms with Crippen LogP contribution in [0.25, 0.3) is 0 Å². The molecule has 1 heterocycles. The lowest BCUT2D eigenvalue weighted by Crippen LogP contribution is -2.09. The molecule has 0 amide bonds. The minimum Gasteiger partial charge on any atom is -0.364 e. The van der Waals surface area contributed by atoms with Crippen LogP contribution >= 0.6 is 11.8 Å². The van der Waals surface area contributed by atoms with Crippen molar-refractivity contribution in [3.05, 3.63) is 16.3 Å². The first-order chi connectivity index (χ1) is 8.69. The van der Waals surface area contributed by atoms with Crippen LogP contribution in [0, 0.1) is 10.1 Å². The van der Waals surface area contributed by atoms with Gasteiger partial charge >= 0.3 is 5.69 Å². The first-order valence-corrected chi connectivity index (χ1v) is 7.00. The summed E-state index contributed by atoms with van der Waals surface area (Å²) < 4.78 is 0. The predicted octanol–water partition coefficient (Wildman–Crippen LogP) is 1.98. The lowest BCUT2D eigenvalue weighted by Gasteiger charge is -2.07. The molecule has 0 atom stereocenters. The number of unbranched alkanes of at least 4 members (excludes halogenated alkanes) is 1. The van der Waals surface area contributed by atoms with E-state index in [0.717, 1.165) is 18.6 Å². The van der Waals surface area contributed by atoms with Gasteiger partial charge in [0.1, 0.15) is 6.20 Å². The van der Waals surface area contributed by atoms with Gasteiger partial charge in [-0.25, -0.2) is 4.98 Å². The molecular weight excluding hydrogens is 254 g/mol. The molecule has 0 spiro atoms. The van der Waals surface area contributed by atoms with Gasteiger partial charge in [0.05, 0.1) is 4.92 Å². The first kappa shape index (κ1) is 14.5. The van der Waals surface area contributed by atoms with Crippen molar-refractivity contribution >= 4 is 29.2 Å². The molecule has 0 aliphatic heterocycles. The molecule has 1 rings (SSSR count). The predicted molar refractivity (Wildman–Crippen MR) is 74.3 cm³/mol. The number of hydrogen-bond donors (Lipinski definition) is 2. The lowest BCUT2D eigenvalue weighted by atomic mass is 10.3. The molecule has 18 heavy (non-hydrogen) atoms. The van der Waals surface area contributed by atoms with Crippen molar-refractivity contribution < 1.29 is 4.92 Å². The second kappa shape index (κ2) is 7.70. The Bertz CT molecular complexity index is 402. The molecule has 0 bridgehead atoms. The van der Waals surface area contributed by atoms with Crippen LogP contribution in [0.5, 0.6) is 0 Å². The largest absolute Gasteiger partial charge is 0.364 e. The van der Waals surface area contributed by atoms with E-state index < -0.39 is 4.92 Å². The first-order valence-electron chi connectivity index (χ1n) is 5.61. The molecule has 0 fully saturated rings. The van der Waals surface area contributed by atoms with Crippen molar-refractivity contribution in [2.75, 3.05) is 36.2 Å². The Morgan fingerprint density at radius 3 is 2.89 bits per heavy atom. The minimum atomic E-state index is -0.482. The summed E-state index contributed by atoms with van der Waals surface area (Å²) in [5.74, 6) is 1.73. The van der Waals surface area contributed by atoms with Crippen LogP contribution in [0.4, 0.5) is 17.5 Å². The normalized spacial score (nSPS) is 10.1. The highest BCUT2D eigenvalue weighted by atomic mass is 32.2. The van der Waals surface area contributed by atoms with Crippen LogP contribution in [0.3, 0.4) is 0 Å². The van der Waals surface area contributed by atoms with Gasteiger partial charge in [0.15, 0.2) is 0 Å². The van der Waals surface area contributed by atoms with Gasteiger partial charge in [0.25, 0.3) is 0 Å². The van der Waals surface area contributed by atoms with Crippen LogP contribution in [-0.2, 0) is 0 Å². The van der Waals surface area contributed by atoms with Gasteiger partial charge in [-0.1, -0.05) is 0 Å². The number of thioether (sulfide) groups is 1. The smallest absolute Gasteiger partial charge is 0.329 e. The van der Waals surface area contributed by atoms with Gasteiger partial charge in [0.2, 0.25) is 11.8 Å². The highest BCUT2D eigenvalue weighted by Crippen LogP contribution is 2.21. The van der Waals surface area contributed by atoms with E-state index in [4.69, 9.17) is 0 Å². The number of anilines is 2. The van der Waals surface area contributed by atoms with Crippen molar-refractivity contribution in [2.24, 2.45) is 0 Å². The zero-order valence-corrected chi connectivity index (χ0v) is 11.3. The van der Waals surface area contributed by atoms with E-state index in [1.54, 1.807) is 18.8 Å². The summed E-state index contributed by atoms with van der Waals surface area (Å²) in [6.07, 6.45) is 5.30. The molecule has 0 saturated carbocycles. The van der Waals surface area contributed by atoms with Gasteiger partial charge < -0.3 is 10.6 Å². The summed E-state index contributed by atoms with van der Waals surface area (Å²) in [6, 6.07) is 0. The molecule has 0 aliphatic carbocycles. The molecule has 100 valence electrons. The van der Waals surface area contributed by atoms with Crippen LogP contribution in [-0.4, -0.2) is 40.5 Å². The quantitative estimate of drug-likeness (QED) is 0.424. The van der Waals surface area contributed by atoms with Crippen molar-refractivity contribution in [2.45, 2.75) is 12.8 Å². The van der Waals surface area contributed by atoms with E-state index >= 15 is 0 Å². The maximum Gasteiger partial charge on any atom is 0.329 e. The second-order valence-electron chi connectivity index (χ2n) is 3.56. The zero-order valence-electron chi connectivity index (χ0n) is 10.5. The monoisotopic (exact) mass is 271 g/mol. The third-order valence-electron chi connectivity index (χ3n) is 2.26. The highest BCUT2D eigenvalue weighted by Gasteiger charge is 2.16. The molecule has 1 aromatic rings. The molecule has 0 unspecified atom stereocenters. The third kappa shape index (κ3) is 4.36. The van der Waals surface area contributed by atoms with E-state index in [-0.39, 0.29) is 11.5 Å². The van der Waals surface area contributed by atoms with Crippen LogP contribution in [0.1, 0.15) is 12.8 Å². The summed E-state index contributed by atoms with van der Waals surface area (Å²) in [4.78, 5) is 18.2. The van der Waals surface area contributed by atoms with E-state index in [2.05, 4.69) is 26.9 Å². The molecule has 0 aromatic carbocycles. The Balaban J connectivity index is 2.63. The maximum atomic E-state index is 10.8. The average Bonchev–Trinajstić information content (AvgIpc) is 2.38. The van der Waals surface area contributed by atoms with Crippen molar-refractivity contribution in [3.63, 3.8) is 0 Å². The molecule has 2 N–H and O–H groups in total. The fraction of sp³-hybridized carbons (Fsp3) is 0.600. The number of aromatic nitrogens is 2. The van der Waals surface area contributed by atoms with E-state index in [1.165, 1.54) is 6.20 Å². The van der Waals surface area contributed by atoms with Gasteiger partial charge in [-0.05, 0) is 24.9 Å². The Labute approximate surface area is 110 Å². The van der Waals surface area contributed by atoms with Gasteiger partial charge in [-0.15, -0.1) is 0 Å². The number of rotatable bonds is 8. The lowest BCUT2D eigenvalue weighted by molar-refractivity contribution is -0.384. The molecule has 0 aliphatic rings. The van der Waals surface area contributed by atoms with Crippen molar-refractivity contribution in [3.8, 4) is 0 Å². The Morgan fingerprint density at radius 1 is 1.50 bits per heavy atom. The van der Waals surface area contributed by atoms with Gasteiger partial charge in [-0.2, -0.15) is 16.7 Å². The standard InChI is InChI=1S/C10H17N5O2S/c1-11-10-13-7-8(15(16)17)9(14-10)12-5-3-4-6-18-2/h7H,3-6H2,1-2H3,(H2,11,12,13,14). The fourth-order valence-corrected chi connectivity index (χ4v) is 1.83. The molecule has 1 aromatic heterocycles. The van der Waals surface area contributed by atoms with Gasteiger partial charge in [0, 0.05) is 13.6 Å². The zero-order chi connectivity index (χ0) is 13.4. The van der Waals surface area contributed by atoms with Gasteiger partial charge in [-0.3, -0.25) is 10.1 Å². The summed E-state index contributed by atoms with van der Waals surface area (Å²) >= 11 is 1.79. The summed E-state index contributed by atoms with van der Waals surface area (Å²) in [5, 5.41) is 16.6. The third-order valence-corrected chi connectivity index (χ3v) is 2.95. The number of hydrogen-bond acceptors (Lipinski definition) is 7. The Kier molecular flexibility index (Phi) is 6.20. The van der Waals surface area contributed by atoms with Crippen molar-refractivity contribution in [1.82, 2.24) is 9.97 Å². The van der Waals surface area contributed by atoms with E-state index in [1.807, 2.05) is 0 Å². The molecular formula is C10H17N5O2S. The fourth-order valence-electron chi connectivity index (χ4n) is 1.34. The van der Waals surface area contributed by atoms with Crippen LogP contribution in [0.2, 0.25) is 0 Å². The number of nitrogens with one attached hydrogen (secondary N) is 2. The Hall–Kier alpha value is -1.57. The molecule has 8 heteroatoms. The minimum absolute atomic E-state index is 0.0983. The molecule has 0 radical (unpaired) electrons. The number of nitrogens with zero attached hydrogens (tertiary/aromatic N) is 3.